The van der Waals surface area contributed by atoms with Gasteiger partial charge in [0.1, 0.15) is 29.8 Å². The molecule has 0 radical (unpaired) electrons. The Balaban J connectivity index is 1.63. The Labute approximate surface area is 264 Å². The average molecular weight is 633 g/mol. The van der Waals surface area contributed by atoms with E-state index in [1.807, 2.05) is 38.7 Å². The van der Waals surface area contributed by atoms with Crippen LogP contribution < -0.4 is 15.3 Å². The van der Waals surface area contributed by atoms with E-state index in [1.165, 1.54) is 28.8 Å². The molecule has 2 aliphatic rings. The molecule has 5 heterocycles. The van der Waals surface area contributed by atoms with Gasteiger partial charge in [-0.1, -0.05) is 19.9 Å². The van der Waals surface area contributed by atoms with Gasteiger partial charge in [0.25, 0.3) is 0 Å². The lowest BCUT2D eigenvalue weighted by Crippen LogP contribution is -2.58. The molecule has 1 fully saturated rings. The van der Waals surface area contributed by atoms with Gasteiger partial charge < -0.3 is 14.5 Å². The van der Waals surface area contributed by atoms with Crippen molar-refractivity contribution in [3.63, 3.8) is 0 Å². The zero-order valence-electron chi connectivity index (χ0n) is 26.1. The fourth-order valence-corrected chi connectivity index (χ4v) is 6.36. The third-order valence-corrected chi connectivity index (χ3v) is 8.56. The molecule has 1 amide bonds. The number of nitrogens with zero attached hydrogens (tertiary/aromatic N) is 6. The van der Waals surface area contributed by atoms with Gasteiger partial charge in [-0.15, -0.1) is 0 Å². The zero-order valence-corrected chi connectivity index (χ0v) is 26.1. The van der Waals surface area contributed by atoms with E-state index in [9.17, 15) is 14.0 Å². The second-order valence-electron chi connectivity index (χ2n) is 12.1. The van der Waals surface area contributed by atoms with Crippen molar-refractivity contribution in [2.75, 3.05) is 31.3 Å². The van der Waals surface area contributed by atoms with Gasteiger partial charge in [0, 0.05) is 37.4 Å². The highest BCUT2D eigenvalue weighted by Gasteiger charge is 2.34. The number of allylic oxidation sites excluding steroid dienone is 1. The number of halogens is 3. The number of pyridine rings is 2. The van der Waals surface area contributed by atoms with Gasteiger partial charge in [0.15, 0.2) is 11.5 Å². The van der Waals surface area contributed by atoms with Crippen LogP contribution in [0.4, 0.5) is 19.0 Å². The maximum Gasteiger partial charge on any atom is 0.355 e. The highest BCUT2D eigenvalue weighted by atomic mass is 19.1. The van der Waals surface area contributed by atoms with Crippen LogP contribution in [0.25, 0.3) is 28.0 Å². The van der Waals surface area contributed by atoms with Crippen molar-refractivity contribution in [3.8, 4) is 22.7 Å². The lowest BCUT2D eigenvalue weighted by Gasteiger charge is -2.44. The van der Waals surface area contributed by atoms with E-state index in [-0.39, 0.29) is 77.5 Å². The van der Waals surface area contributed by atoms with Crippen molar-refractivity contribution in [1.82, 2.24) is 24.4 Å². The molecule has 3 aromatic heterocycles. The molecule has 6 rings (SSSR count). The topological polar surface area (TPSA) is 93.5 Å². The number of hydrogen-bond donors (Lipinski definition) is 0. The maximum absolute atomic E-state index is 16.2. The van der Waals surface area contributed by atoms with Crippen molar-refractivity contribution in [3.05, 3.63) is 82.1 Å². The molecular formula is C34H35F3N6O3. The molecule has 0 unspecified atom stereocenters. The SMILES string of the molecule is CC(C)c1nccc2c1-n1c(=O)nc(N3C[C@@H](C)N(C(=O)/C=C/CF)C[C@@H]3C)c3cc(F)c(nc31)-c1c(F)cccc1OCCC2. The molecule has 1 saturated heterocycles. The predicted octanol–water partition coefficient (Wildman–Crippen LogP) is 5.52. The molecule has 0 spiro atoms. The second-order valence-corrected chi connectivity index (χ2v) is 12.1. The number of alkyl halides is 1. The van der Waals surface area contributed by atoms with Crippen molar-refractivity contribution < 1.29 is 22.7 Å². The highest BCUT2D eigenvalue weighted by molar-refractivity contribution is 5.92. The van der Waals surface area contributed by atoms with E-state index in [4.69, 9.17) is 9.72 Å². The standard InChI is InChI=1S/C34H35F3N6O3/c1-19(2)29-31-22(12-14-38-29)8-7-15-46-26-10-5-9-24(36)28(26)30-25(37)16-23-32(40-34(45)43(31)33(23)39-30)42-18-20(3)41(17-21(42)4)27(44)11-6-13-35/h5-6,9-12,14,16,19-21H,7-8,13,15,17-18H2,1-4H3/b11-6+/t20-,21+/m1/s1. The van der Waals surface area contributed by atoms with Crippen molar-refractivity contribution in [2.24, 2.45) is 0 Å². The minimum atomic E-state index is -0.811. The number of hydrogen-bond acceptors (Lipinski definition) is 7. The fraction of sp³-hybridized carbons (Fsp3) is 0.382. The Bertz CT molecular complexity index is 1910. The molecule has 46 heavy (non-hydrogen) atoms. The Kier molecular flexibility index (Phi) is 8.54. The summed E-state index contributed by atoms with van der Waals surface area (Å²) in [5.41, 5.74) is 1.01. The van der Waals surface area contributed by atoms with Crippen LogP contribution in [0.2, 0.25) is 0 Å². The summed E-state index contributed by atoms with van der Waals surface area (Å²) in [7, 11) is 0. The number of piperazine rings is 1. The lowest BCUT2D eigenvalue weighted by molar-refractivity contribution is -0.128. The van der Waals surface area contributed by atoms with Gasteiger partial charge in [-0.25, -0.2) is 27.5 Å². The summed E-state index contributed by atoms with van der Waals surface area (Å²) >= 11 is 0. The van der Waals surface area contributed by atoms with E-state index < -0.39 is 24.0 Å². The number of ether oxygens (including phenoxy) is 1. The highest BCUT2D eigenvalue weighted by Crippen LogP contribution is 2.38. The number of carbonyl (C=O) groups is 1. The molecule has 2 atom stereocenters. The van der Waals surface area contributed by atoms with Gasteiger partial charge in [0.2, 0.25) is 5.91 Å². The molecule has 240 valence electrons. The van der Waals surface area contributed by atoms with E-state index in [0.29, 0.717) is 24.2 Å². The average Bonchev–Trinajstić information content (AvgIpc) is 3.02. The van der Waals surface area contributed by atoms with Crippen LogP contribution >= 0.6 is 0 Å². The largest absolute Gasteiger partial charge is 0.493 e. The third-order valence-electron chi connectivity index (χ3n) is 8.56. The number of aryl methyl sites for hydroxylation is 1. The number of fused-ring (bicyclic) bond motifs is 5. The number of carbonyl (C=O) groups excluding carboxylic acids is 1. The summed E-state index contributed by atoms with van der Waals surface area (Å²) in [6, 6.07) is 6.68. The minimum absolute atomic E-state index is 0.0863. The van der Waals surface area contributed by atoms with Crippen LogP contribution in [-0.4, -0.2) is 68.8 Å². The molecule has 0 saturated carbocycles. The smallest absolute Gasteiger partial charge is 0.355 e. The van der Waals surface area contributed by atoms with Crippen LogP contribution in [0.3, 0.4) is 0 Å². The van der Waals surface area contributed by atoms with Crippen molar-refractivity contribution in [1.29, 1.82) is 0 Å². The summed E-state index contributed by atoms with van der Waals surface area (Å²) in [6.07, 6.45) is 5.13. The Morgan fingerprint density at radius 3 is 2.67 bits per heavy atom. The van der Waals surface area contributed by atoms with Gasteiger partial charge in [-0.2, -0.15) is 4.98 Å². The number of anilines is 1. The number of aromatic nitrogens is 4. The minimum Gasteiger partial charge on any atom is -0.493 e. The normalized spacial score (nSPS) is 18.3. The summed E-state index contributed by atoms with van der Waals surface area (Å²) in [6.45, 7) is 7.65. The third kappa shape index (κ3) is 5.50. The first-order chi connectivity index (χ1) is 22.1. The summed E-state index contributed by atoms with van der Waals surface area (Å²) < 4.78 is 51.7. The van der Waals surface area contributed by atoms with Crippen LogP contribution in [0.15, 0.2) is 53.5 Å². The van der Waals surface area contributed by atoms with Crippen molar-refractivity contribution in [2.45, 2.75) is 58.5 Å². The first kappa shape index (κ1) is 31.3. The quantitative estimate of drug-likeness (QED) is 0.274. The number of benzene rings is 1. The first-order valence-electron chi connectivity index (χ1n) is 15.4. The Morgan fingerprint density at radius 2 is 1.91 bits per heavy atom. The monoisotopic (exact) mass is 632 g/mol. The predicted molar refractivity (Wildman–Crippen MR) is 169 cm³/mol. The number of rotatable bonds is 4. The molecule has 4 aromatic rings. The van der Waals surface area contributed by atoms with Gasteiger partial charge in [-0.05, 0) is 68.5 Å². The van der Waals surface area contributed by atoms with Crippen LogP contribution in [0, 0.1) is 11.6 Å². The number of amides is 1. The fourth-order valence-electron chi connectivity index (χ4n) is 6.36. The molecule has 1 aromatic carbocycles. The maximum atomic E-state index is 16.2. The summed E-state index contributed by atoms with van der Waals surface area (Å²) in [5.74, 6) is -1.58. The molecule has 2 aliphatic heterocycles. The van der Waals surface area contributed by atoms with E-state index in [2.05, 4.69) is 9.97 Å². The Hall–Kier alpha value is -4.74. The molecule has 2 bridgehead atoms. The van der Waals surface area contributed by atoms with E-state index in [0.717, 1.165) is 11.6 Å². The van der Waals surface area contributed by atoms with Crippen molar-refractivity contribution >= 4 is 22.8 Å². The molecule has 9 nitrogen and oxygen atoms in total. The second kappa shape index (κ2) is 12.6. The van der Waals surface area contributed by atoms with Gasteiger partial charge in [0.05, 0.1) is 28.9 Å². The van der Waals surface area contributed by atoms with Gasteiger partial charge >= 0.3 is 5.69 Å². The van der Waals surface area contributed by atoms with Crippen LogP contribution in [-0.2, 0) is 11.2 Å². The summed E-state index contributed by atoms with van der Waals surface area (Å²) in [4.78, 5) is 44.3. The van der Waals surface area contributed by atoms with E-state index in [1.54, 1.807) is 17.2 Å². The Morgan fingerprint density at radius 1 is 1.11 bits per heavy atom. The first-order valence-corrected chi connectivity index (χ1v) is 15.4. The molecule has 0 N–H and O–H groups in total. The van der Waals surface area contributed by atoms with Gasteiger partial charge in [-0.3, -0.25) is 9.78 Å². The molecular weight excluding hydrogens is 597 g/mol. The van der Waals surface area contributed by atoms with Crippen LogP contribution in [0.5, 0.6) is 5.75 Å². The van der Waals surface area contributed by atoms with Crippen LogP contribution in [0.1, 0.15) is 51.3 Å². The molecule has 0 aliphatic carbocycles. The zero-order chi connectivity index (χ0) is 32.7. The van der Waals surface area contributed by atoms with E-state index >= 15 is 8.78 Å². The molecule has 12 heteroatoms. The summed E-state index contributed by atoms with van der Waals surface area (Å²) in [5, 5.41) is 0.248. The lowest BCUT2D eigenvalue weighted by atomic mass is 10.0.